The number of amides is 2. The number of rotatable bonds is 6. The molecule has 1 N–H and O–H groups in total. The van der Waals surface area contributed by atoms with Crippen LogP contribution in [0.1, 0.15) is 48.7 Å². The van der Waals surface area contributed by atoms with Crippen molar-refractivity contribution in [1.29, 1.82) is 0 Å². The highest BCUT2D eigenvalue weighted by atomic mass is 16.5. The van der Waals surface area contributed by atoms with Gasteiger partial charge in [0.2, 0.25) is 0 Å². The maximum atomic E-state index is 12.4. The van der Waals surface area contributed by atoms with Crippen molar-refractivity contribution in [2.45, 2.75) is 38.6 Å². The summed E-state index contributed by atoms with van der Waals surface area (Å²) >= 11 is 0. The van der Waals surface area contributed by atoms with Crippen molar-refractivity contribution in [2.75, 3.05) is 18.5 Å². The minimum Gasteiger partial charge on any atom is -0.459 e. The van der Waals surface area contributed by atoms with Gasteiger partial charge in [-0.3, -0.25) is 9.59 Å². The van der Waals surface area contributed by atoms with Crippen molar-refractivity contribution in [1.82, 2.24) is 4.90 Å². The second kappa shape index (κ2) is 8.73. The van der Waals surface area contributed by atoms with Crippen LogP contribution in [0, 0.1) is 0 Å². The van der Waals surface area contributed by atoms with E-state index in [-0.39, 0.29) is 11.7 Å². The van der Waals surface area contributed by atoms with E-state index in [0.29, 0.717) is 31.0 Å². The highest BCUT2D eigenvalue weighted by Gasteiger charge is 2.36. The van der Waals surface area contributed by atoms with Crippen LogP contribution >= 0.6 is 0 Å². The molecule has 7 nitrogen and oxygen atoms in total. The van der Waals surface area contributed by atoms with Crippen LogP contribution in [0.25, 0.3) is 0 Å². The second-order valence-electron chi connectivity index (χ2n) is 7.07. The molecule has 1 atom stereocenters. The summed E-state index contributed by atoms with van der Waals surface area (Å²) in [7, 11) is 0. The highest BCUT2D eigenvalue weighted by Crippen LogP contribution is 2.22. The summed E-state index contributed by atoms with van der Waals surface area (Å²) in [5.41, 5.74) is 1.81. The molecule has 0 bridgehead atoms. The Labute approximate surface area is 163 Å². The number of carbonyl (C=O) groups excluding carboxylic acids is 3. The zero-order valence-corrected chi connectivity index (χ0v) is 16.0. The van der Waals surface area contributed by atoms with E-state index in [2.05, 4.69) is 19.2 Å². The Bertz CT molecular complexity index is 827. The SMILES string of the molecule is CC(C)c1ccc(NC(=O)COC(=O)[C@@H]2CCCN2C(=O)c2ccco2)cc1. The molecule has 7 heteroatoms. The minimum atomic E-state index is -0.698. The molecular formula is C21H24N2O5. The third-order valence-corrected chi connectivity index (χ3v) is 4.72. The fourth-order valence-electron chi connectivity index (χ4n) is 3.18. The summed E-state index contributed by atoms with van der Waals surface area (Å²) in [6.45, 7) is 4.24. The lowest BCUT2D eigenvalue weighted by atomic mass is 10.0. The molecule has 0 spiro atoms. The number of furan rings is 1. The number of hydrogen-bond acceptors (Lipinski definition) is 5. The van der Waals surface area contributed by atoms with Crippen LogP contribution in [0.4, 0.5) is 5.69 Å². The van der Waals surface area contributed by atoms with Crippen LogP contribution in [-0.4, -0.2) is 41.9 Å². The summed E-state index contributed by atoms with van der Waals surface area (Å²) < 4.78 is 10.3. The Morgan fingerprint density at radius 1 is 1.21 bits per heavy atom. The molecular weight excluding hydrogens is 360 g/mol. The average Bonchev–Trinajstić information content (AvgIpc) is 3.38. The Hall–Kier alpha value is -3.09. The van der Waals surface area contributed by atoms with Crippen LogP contribution in [0.15, 0.2) is 47.1 Å². The number of ether oxygens (including phenoxy) is 1. The van der Waals surface area contributed by atoms with Crippen molar-refractivity contribution in [2.24, 2.45) is 0 Å². The van der Waals surface area contributed by atoms with E-state index in [0.717, 1.165) is 0 Å². The molecule has 0 radical (unpaired) electrons. The summed E-state index contributed by atoms with van der Waals surface area (Å²) in [6, 6.07) is 10.0. The molecule has 0 aliphatic carbocycles. The van der Waals surface area contributed by atoms with Crippen molar-refractivity contribution < 1.29 is 23.5 Å². The van der Waals surface area contributed by atoms with Crippen LogP contribution < -0.4 is 5.32 Å². The molecule has 148 valence electrons. The number of nitrogens with zero attached hydrogens (tertiary/aromatic N) is 1. The van der Waals surface area contributed by atoms with Crippen molar-refractivity contribution in [3.8, 4) is 0 Å². The predicted octanol–water partition coefficient (Wildman–Crippen LogP) is 3.19. The van der Waals surface area contributed by atoms with E-state index in [9.17, 15) is 14.4 Å². The van der Waals surface area contributed by atoms with E-state index < -0.39 is 24.5 Å². The van der Waals surface area contributed by atoms with Crippen molar-refractivity contribution >= 4 is 23.5 Å². The molecule has 2 amide bonds. The maximum Gasteiger partial charge on any atom is 0.329 e. The van der Waals surface area contributed by atoms with Crippen molar-refractivity contribution in [3.63, 3.8) is 0 Å². The predicted molar refractivity (Wildman–Crippen MR) is 103 cm³/mol. The van der Waals surface area contributed by atoms with Gasteiger partial charge in [-0.2, -0.15) is 0 Å². The van der Waals surface area contributed by atoms with Crippen LogP contribution in [0.3, 0.4) is 0 Å². The van der Waals surface area contributed by atoms with Crippen molar-refractivity contribution in [3.05, 3.63) is 54.0 Å². The Morgan fingerprint density at radius 3 is 2.61 bits per heavy atom. The number of anilines is 1. The molecule has 1 aliphatic heterocycles. The molecule has 1 aliphatic rings. The minimum absolute atomic E-state index is 0.183. The number of nitrogens with one attached hydrogen (secondary N) is 1. The molecule has 1 aromatic carbocycles. The highest BCUT2D eigenvalue weighted by molar-refractivity contribution is 5.96. The van der Waals surface area contributed by atoms with Gasteiger partial charge in [-0.1, -0.05) is 26.0 Å². The zero-order valence-electron chi connectivity index (χ0n) is 16.0. The maximum absolute atomic E-state index is 12.4. The van der Waals surface area contributed by atoms with Crippen LogP contribution in [-0.2, 0) is 14.3 Å². The third-order valence-electron chi connectivity index (χ3n) is 4.72. The molecule has 1 aromatic heterocycles. The monoisotopic (exact) mass is 384 g/mol. The van der Waals surface area contributed by atoms with E-state index in [4.69, 9.17) is 9.15 Å². The van der Waals surface area contributed by atoms with E-state index in [1.165, 1.54) is 16.7 Å². The fraction of sp³-hybridized carbons (Fsp3) is 0.381. The number of hydrogen-bond donors (Lipinski definition) is 1. The molecule has 2 heterocycles. The standard InChI is InChI=1S/C21H24N2O5/c1-14(2)15-7-9-16(10-8-15)22-19(24)13-28-21(26)17-5-3-11-23(17)20(25)18-6-4-12-27-18/h4,6-10,12,14,17H,3,5,11,13H2,1-2H3,(H,22,24)/t17-/m0/s1. The normalized spacial score (nSPS) is 16.2. The number of benzene rings is 1. The molecule has 0 saturated carbocycles. The molecule has 1 fully saturated rings. The molecule has 28 heavy (non-hydrogen) atoms. The Kier molecular flexibility index (Phi) is 6.13. The Morgan fingerprint density at radius 2 is 1.96 bits per heavy atom. The molecule has 2 aromatic rings. The summed E-state index contributed by atoms with van der Waals surface area (Å²) in [6.07, 6.45) is 2.61. The first-order chi connectivity index (χ1) is 13.5. The lowest BCUT2D eigenvalue weighted by Crippen LogP contribution is -2.42. The number of likely N-dealkylation sites (tertiary alicyclic amines) is 1. The van der Waals surface area contributed by atoms with Gasteiger partial charge < -0.3 is 19.4 Å². The smallest absolute Gasteiger partial charge is 0.329 e. The van der Waals surface area contributed by atoms with Crippen LogP contribution in [0.2, 0.25) is 0 Å². The van der Waals surface area contributed by atoms with Gasteiger partial charge >= 0.3 is 5.97 Å². The van der Waals surface area contributed by atoms with E-state index in [1.54, 1.807) is 12.1 Å². The average molecular weight is 384 g/mol. The topological polar surface area (TPSA) is 88.9 Å². The molecule has 0 unspecified atom stereocenters. The van der Waals surface area contributed by atoms with Gasteiger partial charge in [0.15, 0.2) is 12.4 Å². The second-order valence-corrected chi connectivity index (χ2v) is 7.07. The molecule has 3 rings (SSSR count). The van der Waals surface area contributed by atoms with Gasteiger partial charge in [0.1, 0.15) is 6.04 Å². The van der Waals surface area contributed by atoms with Gasteiger partial charge in [-0.25, -0.2) is 4.79 Å². The summed E-state index contributed by atoms with van der Waals surface area (Å²) in [5.74, 6) is -0.763. The van der Waals surface area contributed by atoms with Gasteiger partial charge in [0, 0.05) is 12.2 Å². The fourth-order valence-corrected chi connectivity index (χ4v) is 3.18. The first-order valence-electron chi connectivity index (χ1n) is 9.36. The quantitative estimate of drug-likeness (QED) is 0.773. The third kappa shape index (κ3) is 4.60. The van der Waals surface area contributed by atoms with Gasteiger partial charge in [0.25, 0.3) is 11.8 Å². The van der Waals surface area contributed by atoms with Gasteiger partial charge in [-0.15, -0.1) is 0 Å². The molecule has 1 saturated heterocycles. The van der Waals surface area contributed by atoms with Gasteiger partial charge in [0.05, 0.1) is 6.26 Å². The lowest BCUT2D eigenvalue weighted by molar-refractivity contribution is -0.151. The lowest BCUT2D eigenvalue weighted by Gasteiger charge is -2.22. The summed E-state index contributed by atoms with van der Waals surface area (Å²) in [4.78, 5) is 38.3. The van der Waals surface area contributed by atoms with E-state index in [1.807, 2.05) is 24.3 Å². The first kappa shape index (κ1) is 19.7. The van der Waals surface area contributed by atoms with Crippen LogP contribution in [0.5, 0.6) is 0 Å². The Balaban J connectivity index is 1.51. The van der Waals surface area contributed by atoms with Gasteiger partial charge in [-0.05, 0) is 48.6 Å². The zero-order chi connectivity index (χ0) is 20.1. The van der Waals surface area contributed by atoms with E-state index >= 15 is 0 Å². The summed E-state index contributed by atoms with van der Waals surface area (Å²) in [5, 5.41) is 2.70. The first-order valence-corrected chi connectivity index (χ1v) is 9.36. The number of carbonyl (C=O) groups is 3. The largest absolute Gasteiger partial charge is 0.459 e. The number of esters is 1.